The molecule has 1 N–H and O–H groups in total. The summed E-state index contributed by atoms with van der Waals surface area (Å²) >= 11 is 1.79. The van der Waals surface area contributed by atoms with Crippen LogP contribution in [-0.2, 0) is 4.79 Å². The average molecular weight is 336 g/mol. The Kier molecular flexibility index (Phi) is 6.93. The first-order valence-electron chi connectivity index (χ1n) is 8.38. The molecule has 4 nitrogen and oxygen atoms in total. The third-order valence-electron chi connectivity index (χ3n) is 4.37. The molecule has 128 valence electrons. The molecular formula is C18H29N3OS. The number of rotatable bonds is 6. The van der Waals surface area contributed by atoms with E-state index in [4.69, 9.17) is 0 Å². The Bertz CT molecular complexity index is 497. The third-order valence-corrected chi connectivity index (χ3v) is 5.65. The highest BCUT2D eigenvalue weighted by Gasteiger charge is 2.25. The van der Waals surface area contributed by atoms with Crippen LogP contribution >= 0.6 is 11.8 Å². The molecule has 0 radical (unpaired) electrons. The summed E-state index contributed by atoms with van der Waals surface area (Å²) in [6, 6.07) is 8.66. The lowest BCUT2D eigenvalue weighted by Gasteiger charge is -2.36. The predicted molar refractivity (Wildman–Crippen MR) is 98.0 cm³/mol. The van der Waals surface area contributed by atoms with Gasteiger partial charge in [0.2, 0.25) is 5.91 Å². The molecule has 0 unspecified atom stereocenters. The molecule has 0 aliphatic carbocycles. The van der Waals surface area contributed by atoms with E-state index in [1.807, 2.05) is 6.92 Å². The fraction of sp³-hybridized carbons (Fsp3) is 0.611. The Morgan fingerprint density at radius 3 is 2.39 bits per heavy atom. The summed E-state index contributed by atoms with van der Waals surface area (Å²) in [5, 5.41) is 3.15. The van der Waals surface area contributed by atoms with Gasteiger partial charge in [-0.05, 0) is 40.0 Å². The van der Waals surface area contributed by atoms with Crippen molar-refractivity contribution in [1.82, 2.24) is 15.1 Å². The average Bonchev–Trinajstić information content (AvgIpc) is 2.54. The lowest BCUT2D eigenvalue weighted by atomic mass is 10.2. The summed E-state index contributed by atoms with van der Waals surface area (Å²) < 4.78 is 0. The monoisotopic (exact) mass is 335 g/mol. The Morgan fingerprint density at radius 1 is 1.17 bits per heavy atom. The number of piperazine rings is 1. The smallest absolute Gasteiger partial charge is 0.237 e. The minimum absolute atomic E-state index is 0.0458. The lowest BCUT2D eigenvalue weighted by molar-refractivity contribution is -0.127. The summed E-state index contributed by atoms with van der Waals surface area (Å²) in [6.07, 6.45) is 0. The van der Waals surface area contributed by atoms with E-state index in [2.05, 4.69) is 60.3 Å². The molecular weight excluding hydrogens is 306 g/mol. The molecule has 0 saturated carbocycles. The molecule has 1 saturated heterocycles. The highest BCUT2D eigenvalue weighted by atomic mass is 32.2. The van der Waals surface area contributed by atoms with Crippen LogP contribution in [-0.4, -0.2) is 66.8 Å². The number of carbonyl (C=O) groups is 1. The number of likely N-dealkylation sites (N-methyl/N-ethyl adjacent to an activating group) is 1. The van der Waals surface area contributed by atoms with Crippen molar-refractivity contribution in [1.29, 1.82) is 0 Å². The van der Waals surface area contributed by atoms with E-state index >= 15 is 0 Å². The molecule has 0 aromatic heterocycles. The summed E-state index contributed by atoms with van der Waals surface area (Å²) in [4.78, 5) is 18.2. The Hall–Kier alpha value is -1.04. The second kappa shape index (κ2) is 8.71. The van der Waals surface area contributed by atoms with Gasteiger partial charge in [-0.25, -0.2) is 0 Å². The summed E-state index contributed by atoms with van der Waals surface area (Å²) in [5.41, 5.74) is 1.27. The highest BCUT2D eigenvalue weighted by molar-refractivity contribution is 7.99. The van der Waals surface area contributed by atoms with Gasteiger partial charge in [-0.15, -0.1) is 11.8 Å². The number of nitrogens with one attached hydrogen (secondary N) is 1. The van der Waals surface area contributed by atoms with Gasteiger partial charge in [0.15, 0.2) is 0 Å². The van der Waals surface area contributed by atoms with E-state index in [-0.39, 0.29) is 18.0 Å². The number of thioether (sulfide) groups is 1. The van der Waals surface area contributed by atoms with E-state index in [0.717, 1.165) is 31.9 Å². The number of amides is 1. The predicted octanol–water partition coefficient (Wildman–Crippen LogP) is 2.23. The highest BCUT2D eigenvalue weighted by Crippen LogP contribution is 2.19. The van der Waals surface area contributed by atoms with Gasteiger partial charge in [0.05, 0.1) is 6.04 Å². The maximum absolute atomic E-state index is 12.4. The number of aryl methyl sites for hydroxylation is 1. The zero-order valence-electron chi connectivity index (χ0n) is 14.7. The molecule has 1 aliphatic heterocycles. The topological polar surface area (TPSA) is 35.6 Å². The second-order valence-corrected chi connectivity index (χ2v) is 7.64. The lowest BCUT2D eigenvalue weighted by Crippen LogP contribution is -2.54. The number of hydrogen-bond donors (Lipinski definition) is 1. The van der Waals surface area contributed by atoms with Gasteiger partial charge in [-0.3, -0.25) is 9.69 Å². The molecule has 1 fully saturated rings. The maximum Gasteiger partial charge on any atom is 0.237 e. The molecule has 0 bridgehead atoms. The molecule has 2 rings (SSSR count). The van der Waals surface area contributed by atoms with Crippen molar-refractivity contribution < 1.29 is 4.79 Å². The van der Waals surface area contributed by atoms with Crippen LogP contribution in [0.25, 0.3) is 0 Å². The molecule has 0 spiro atoms. The molecule has 5 heteroatoms. The fourth-order valence-electron chi connectivity index (χ4n) is 2.64. The molecule has 1 aromatic rings. The van der Waals surface area contributed by atoms with Crippen molar-refractivity contribution in [3.8, 4) is 0 Å². The van der Waals surface area contributed by atoms with Crippen LogP contribution in [0.5, 0.6) is 0 Å². The quantitative estimate of drug-likeness (QED) is 0.809. The molecule has 2 atom stereocenters. The van der Waals surface area contributed by atoms with Crippen molar-refractivity contribution in [2.24, 2.45) is 0 Å². The van der Waals surface area contributed by atoms with Crippen LogP contribution in [0.3, 0.4) is 0 Å². The minimum Gasteiger partial charge on any atom is -0.351 e. The van der Waals surface area contributed by atoms with Crippen molar-refractivity contribution in [3.05, 3.63) is 29.8 Å². The first-order chi connectivity index (χ1) is 11.0. The number of benzene rings is 1. The van der Waals surface area contributed by atoms with Crippen molar-refractivity contribution in [2.75, 3.05) is 39.0 Å². The summed E-state index contributed by atoms with van der Waals surface area (Å²) in [5.74, 6) is 1.04. The Balaban J connectivity index is 1.74. The number of hydrogen-bond acceptors (Lipinski definition) is 4. The van der Waals surface area contributed by atoms with Crippen LogP contribution in [0.4, 0.5) is 0 Å². The number of carbonyl (C=O) groups excluding carboxylic acids is 1. The zero-order valence-corrected chi connectivity index (χ0v) is 15.5. The number of nitrogens with zero attached hydrogens (tertiary/aromatic N) is 2. The van der Waals surface area contributed by atoms with Crippen LogP contribution in [0.15, 0.2) is 29.2 Å². The molecule has 23 heavy (non-hydrogen) atoms. The van der Waals surface area contributed by atoms with Gasteiger partial charge in [-0.1, -0.05) is 17.7 Å². The van der Waals surface area contributed by atoms with E-state index in [1.165, 1.54) is 10.5 Å². The molecule has 1 aliphatic rings. The Morgan fingerprint density at radius 2 is 1.78 bits per heavy atom. The molecule has 1 amide bonds. The largest absolute Gasteiger partial charge is 0.351 e. The maximum atomic E-state index is 12.4. The van der Waals surface area contributed by atoms with E-state index in [9.17, 15) is 4.79 Å². The van der Waals surface area contributed by atoms with E-state index in [0.29, 0.717) is 0 Å². The Labute approximate surface area is 144 Å². The normalized spacial score (nSPS) is 19.3. The van der Waals surface area contributed by atoms with Crippen LogP contribution in [0.2, 0.25) is 0 Å². The van der Waals surface area contributed by atoms with Crippen LogP contribution in [0, 0.1) is 6.92 Å². The van der Waals surface area contributed by atoms with E-state index in [1.54, 1.807) is 11.8 Å². The van der Waals surface area contributed by atoms with Gasteiger partial charge in [0.25, 0.3) is 0 Å². The SMILES string of the molecule is Cc1ccc(SC[C@@H](C)NC(=O)[C@H](C)N2CCN(C)CC2)cc1. The van der Waals surface area contributed by atoms with Gasteiger partial charge in [0, 0.05) is 42.9 Å². The third kappa shape index (κ3) is 5.83. The summed E-state index contributed by atoms with van der Waals surface area (Å²) in [7, 11) is 2.13. The first-order valence-corrected chi connectivity index (χ1v) is 9.36. The standard InChI is InChI=1S/C18H29N3OS/c1-14-5-7-17(8-6-14)23-13-15(2)19-18(22)16(3)21-11-9-20(4)10-12-21/h5-8,15-16H,9-13H2,1-4H3,(H,19,22)/t15-,16+/m1/s1. The van der Waals surface area contributed by atoms with Crippen molar-refractivity contribution >= 4 is 17.7 Å². The van der Waals surface area contributed by atoms with Crippen LogP contribution in [0.1, 0.15) is 19.4 Å². The van der Waals surface area contributed by atoms with Gasteiger partial charge in [-0.2, -0.15) is 0 Å². The van der Waals surface area contributed by atoms with Crippen molar-refractivity contribution in [3.63, 3.8) is 0 Å². The summed E-state index contributed by atoms with van der Waals surface area (Å²) in [6.45, 7) is 10.2. The molecule has 1 aromatic carbocycles. The van der Waals surface area contributed by atoms with Crippen LogP contribution < -0.4 is 5.32 Å². The van der Waals surface area contributed by atoms with Gasteiger partial charge in [0.1, 0.15) is 0 Å². The zero-order chi connectivity index (χ0) is 16.8. The van der Waals surface area contributed by atoms with Crippen molar-refractivity contribution in [2.45, 2.75) is 37.8 Å². The minimum atomic E-state index is -0.0458. The van der Waals surface area contributed by atoms with E-state index < -0.39 is 0 Å². The molecule has 1 heterocycles. The fourth-order valence-corrected chi connectivity index (χ4v) is 3.49. The second-order valence-electron chi connectivity index (χ2n) is 6.55. The van der Waals surface area contributed by atoms with Gasteiger partial charge < -0.3 is 10.2 Å². The van der Waals surface area contributed by atoms with Gasteiger partial charge >= 0.3 is 0 Å². The first kappa shape index (κ1) is 18.3.